The van der Waals surface area contributed by atoms with E-state index in [1.165, 1.54) is 0 Å². The van der Waals surface area contributed by atoms with Crippen LogP contribution in [-0.4, -0.2) is 34.1 Å². The lowest BCUT2D eigenvalue weighted by molar-refractivity contribution is 0.147. The predicted octanol–water partition coefficient (Wildman–Crippen LogP) is 2.37. The number of hydrogen-bond acceptors (Lipinski definition) is 3. The van der Waals surface area contributed by atoms with Crippen molar-refractivity contribution in [2.45, 2.75) is 11.3 Å². The summed E-state index contributed by atoms with van der Waals surface area (Å²) in [4.78, 5) is 0.257. The Morgan fingerprint density at radius 1 is 1.22 bits per heavy atom. The molecule has 0 radical (unpaired) electrons. The van der Waals surface area contributed by atoms with E-state index < -0.39 is 10.0 Å². The van der Waals surface area contributed by atoms with E-state index in [0.717, 1.165) is 4.47 Å². The molecule has 0 aliphatic heterocycles. The minimum Gasteiger partial charge on any atom is -0.380 e. The lowest BCUT2D eigenvalue weighted by Crippen LogP contribution is -2.25. The van der Waals surface area contributed by atoms with Crippen LogP contribution >= 0.6 is 27.5 Å². The number of rotatable bonds is 8. The van der Waals surface area contributed by atoms with Crippen LogP contribution in [0.5, 0.6) is 0 Å². The van der Waals surface area contributed by atoms with Gasteiger partial charge in [0, 0.05) is 23.5 Å². The van der Waals surface area contributed by atoms with E-state index in [4.69, 9.17) is 16.3 Å². The van der Waals surface area contributed by atoms with Gasteiger partial charge < -0.3 is 4.74 Å². The molecule has 0 aliphatic rings. The summed E-state index contributed by atoms with van der Waals surface area (Å²) < 4.78 is 32.2. The van der Waals surface area contributed by atoms with Gasteiger partial charge in [0.15, 0.2) is 0 Å². The lowest BCUT2D eigenvalue weighted by Gasteiger charge is -2.07. The zero-order valence-electron chi connectivity index (χ0n) is 9.73. The molecule has 4 nitrogen and oxygen atoms in total. The van der Waals surface area contributed by atoms with E-state index in [9.17, 15) is 8.42 Å². The predicted molar refractivity (Wildman–Crippen MR) is 75.5 cm³/mol. The number of ether oxygens (including phenoxy) is 1. The topological polar surface area (TPSA) is 55.4 Å². The fourth-order valence-electron chi connectivity index (χ4n) is 1.23. The number of benzene rings is 1. The van der Waals surface area contributed by atoms with Gasteiger partial charge in [0.1, 0.15) is 0 Å². The molecule has 102 valence electrons. The molecule has 1 aromatic rings. The molecule has 0 spiro atoms. The van der Waals surface area contributed by atoms with E-state index >= 15 is 0 Å². The number of sulfonamides is 1. The lowest BCUT2D eigenvalue weighted by atomic mass is 10.4. The quantitative estimate of drug-likeness (QED) is 0.575. The van der Waals surface area contributed by atoms with Crippen LogP contribution in [0.15, 0.2) is 33.6 Å². The van der Waals surface area contributed by atoms with Gasteiger partial charge in [-0.25, -0.2) is 13.1 Å². The Kier molecular flexibility index (Phi) is 7.18. The summed E-state index contributed by atoms with van der Waals surface area (Å²) in [5.41, 5.74) is 0. The standard InChI is InChI=1S/C11H15BrClNO3S/c12-10-2-4-11(5-3-10)18(15,16)14-7-1-8-17-9-6-13/h2-5,14H,1,6-9H2. The van der Waals surface area contributed by atoms with Crippen molar-refractivity contribution in [3.05, 3.63) is 28.7 Å². The highest BCUT2D eigenvalue weighted by Gasteiger charge is 2.12. The molecule has 1 N–H and O–H groups in total. The van der Waals surface area contributed by atoms with Crippen LogP contribution in [-0.2, 0) is 14.8 Å². The maximum absolute atomic E-state index is 11.8. The molecule has 0 unspecified atom stereocenters. The van der Waals surface area contributed by atoms with Crippen LogP contribution in [0.1, 0.15) is 6.42 Å². The fraction of sp³-hybridized carbons (Fsp3) is 0.455. The summed E-state index contributed by atoms with van der Waals surface area (Å²) in [7, 11) is -3.42. The Morgan fingerprint density at radius 3 is 2.50 bits per heavy atom. The van der Waals surface area contributed by atoms with Gasteiger partial charge in [0.25, 0.3) is 0 Å². The summed E-state index contributed by atoms with van der Waals surface area (Å²) in [6.07, 6.45) is 0.618. The van der Waals surface area contributed by atoms with Crippen LogP contribution in [0, 0.1) is 0 Å². The van der Waals surface area contributed by atoms with Crippen LogP contribution in [0.3, 0.4) is 0 Å². The molecule has 0 saturated heterocycles. The number of alkyl halides is 1. The highest BCUT2D eigenvalue weighted by Crippen LogP contribution is 2.14. The molecule has 18 heavy (non-hydrogen) atoms. The molecular formula is C11H15BrClNO3S. The van der Waals surface area contributed by atoms with Gasteiger partial charge in [-0.15, -0.1) is 11.6 Å². The number of halogens is 2. The number of nitrogens with one attached hydrogen (secondary N) is 1. The molecule has 1 aromatic carbocycles. The van der Waals surface area contributed by atoms with Gasteiger partial charge in [0.05, 0.1) is 11.5 Å². The Morgan fingerprint density at radius 2 is 1.89 bits per heavy atom. The van der Waals surface area contributed by atoms with Crippen LogP contribution in [0.25, 0.3) is 0 Å². The Balaban J connectivity index is 2.38. The van der Waals surface area contributed by atoms with Crippen molar-refractivity contribution in [1.82, 2.24) is 4.72 Å². The Labute approximate surface area is 121 Å². The monoisotopic (exact) mass is 355 g/mol. The highest BCUT2D eigenvalue weighted by molar-refractivity contribution is 9.10. The van der Waals surface area contributed by atoms with Gasteiger partial charge in [-0.1, -0.05) is 15.9 Å². The average molecular weight is 357 g/mol. The minimum atomic E-state index is -3.42. The molecule has 0 atom stereocenters. The molecular weight excluding hydrogens is 342 g/mol. The first kappa shape index (κ1) is 15.9. The average Bonchev–Trinajstić information content (AvgIpc) is 2.34. The van der Waals surface area contributed by atoms with Gasteiger partial charge >= 0.3 is 0 Å². The zero-order chi connectivity index (χ0) is 13.4. The maximum Gasteiger partial charge on any atom is 0.240 e. The molecule has 0 fully saturated rings. The first-order valence-corrected chi connectivity index (χ1v) is 8.26. The van der Waals surface area contributed by atoms with Gasteiger partial charge in [-0.2, -0.15) is 0 Å². The zero-order valence-corrected chi connectivity index (χ0v) is 12.9. The summed E-state index contributed by atoms with van der Waals surface area (Å²) >= 11 is 8.70. The van der Waals surface area contributed by atoms with E-state index in [0.29, 0.717) is 32.1 Å². The van der Waals surface area contributed by atoms with Gasteiger partial charge in [-0.05, 0) is 30.7 Å². The smallest absolute Gasteiger partial charge is 0.240 e. The van der Waals surface area contributed by atoms with E-state index in [1.54, 1.807) is 24.3 Å². The van der Waals surface area contributed by atoms with Crippen LogP contribution < -0.4 is 4.72 Å². The largest absolute Gasteiger partial charge is 0.380 e. The first-order valence-electron chi connectivity index (χ1n) is 5.45. The molecule has 0 amide bonds. The van der Waals surface area contributed by atoms with Gasteiger partial charge in [0.2, 0.25) is 10.0 Å². The second-order valence-electron chi connectivity index (χ2n) is 3.51. The summed E-state index contributed by atoms with van der Waals surface area (Å²) in [5, 5.41) is 0. The molecule has 7 heteroatoms. The van der Waals surface area contributed by atoms with E-state index in [-0.39, 0.29) is 4.90 Å². The third-order valence-corrected chi connectivity index (χ3v) is 4.26. The molecule has 0 aromatic heterocycles. The maximum atomic E-state index is 11.8. The van der Waals surface area contributed by atoms with Crippen molar-refractivity contribution in [3.8, 4) is 0 Å². The second kappa shape index (κ2) is 8.12. The Bertz CT molecular complexity index is 450. The summed E-state index contributed by atoms with van der Waals surface area (Å²) in [5.74, 6) is 0.449. The summed E-state index contributed by atoms with van der Waals surface area (Å²) in [6.45, 7) is 1.33. The SMILES string of the molecule is O=S(=O)(NCCCOCCCl)c1ccc(Br)cc1. The van der Waals surface area contributed by atoms with Crippen molar-refractivity contribution >= 4 is 37.6 Å². The highest BCUT2D eigenvalue weighted by atomic mass is 79.9. The van der Waals surface area contributed by atoms with Crippen molar-refractivity contribution in [3.63, 3.8) is 0 Å². The Hall–Kier alpha value is -0.140. The molecule has 0 saturated carbocycles. The molecule has 1 rings (SSSR count). The molecule has 0 aliphatic carbocycles. The third kappa shape index (κ3) is 5.67. The van der Waals surface area contributed by atoms with Crippen molar-refractivity contribution in [2.24, 2.45) is 0 Å². The van der Waals surface area contributed by atoms with Crippen molar-refractivity contribution < 1.29 is 13.2 Å². The second-order valence-corrected chi connectivity index (χ2v) is 6.57. The van der Waals surface area contributed by atoms with Crippen molar-refractivity contribution in [1.29, 1.82) is 0 Å². The first-order chi connectivity index (χ1) is 8.56. The number of hydrogen-bond donors (Lipinski definition) is 1. The van der Waals surface area contributed by atoms with Gasteiger partial charge in [-0.3, -0.25) is 0 Å². The van der Waals surface area contributed by atoms with Crippen LogP contribution in [0.4, 0.5) is 0 Å². The van der Waals surface area contributed by atoms with Crippen molar-refractivity contribution in [2.75, 3.05) is 25.6 Å². The summed E-state index contributed by atoms with van der Waals surface area (Å²) in [6, 6.07) is 6.49. The normalized spacial score (nSPS) is 11.7. The third-order valence-electron chi connectivity index (χ3n) is 2.10. The van der Waals surface area contributed by atoms with E-state index in [2.05, 4.69) is 20.7 Å². The fourth-order valence-corrected chi connectivity index (χ4v) is 2.68. The molecule has 0 bridgehead atoms. The molecule has 0 heterocycles. The van der Waals surface area contributed by atoms with E-state index in [1.807, 2.05) is 0 Å². The minimum absolute atomic E-state index is 0.257. The van der Waals surface area contributed by atoms with Crippen LogP contribution in [0.2, 0.25) is 0 Å².